The van der Waals surface area contributed by atoms with Crippen molar-refractivity contribution in [3.8, 4) is 0 Å². The molecule has 0 N–H and O–H groups in total. The molecule has 0 nitrogen and oxygen atoms in total. The molecule has 0 radical (unpaired) electrons. The first kappa shape index (κ1) is 21.8. The lowest BCUT2D eigenvalue weighted by molar-refractivity contribution is -0.247. The third-order valence-electron chi connectivity index (χ3n) is 13.8. The minimum absolute atomic E-state index is 0.560. The van der Waals surface area contributed by atoms with Crippen LogP contribution in [0.3, 0.4) is 0 Å². The molecule has 0 saturated heterocycles. The molecule has 10 atom stereocenters. The molecule has 0 heteroatoms. The summed E-state index contributed by atoms with van der Waals surface area (Å²) in [5.41, 5.74) is 2.92. The van der Waals surface area contributed by atoms with Gasteiger partial charge < -0.3 is 0 Å². The number of fused-ring (bicyclic) bond motifs is 7. The van der Waals surface area contributed by atoms with Crippen molar-refractivity contribution in [1.29, 1.82) is 0 Å². The molecule has 0 bridgehead atoms. The monoisotopic (exact) mass is 412 g/mol. The van der Waals surface area contributed by atoms with Crippen LogP contribution in [0.1, 0.15) is 126 Å². The molecule has 0 unspecified atom stereocenters. The molecular weight excluding hydrogens is 360 g/mol. The molecule has 5 fully saturated rings. The average Bonchev–Trinajstić information content (AvgIpc) is 2.65. The van der Waals surface area contributed by atoms with Gasteiger partial charge in [0.25, 0.3) is 0 Å². The van der Waals surface area contributed by atoms with Gasteiger partial charge in [-0.25, -0.2) is 0 Å². The molecule has 172 valence electrons. The van der Waals surface area contributed by atoms with Crippen molar-refractivity contribution >= 4 is 0 Å². The van der Waals surface area contributed by atoms with Crippen molar-refractivity contribution < 1.29 is 0 Å². The van der Waals surface area contributed by atoms with Crippen LogP contribution in [0, 0.1) is 62.6 Å². The van der Waals surface area contributed by atoms with Crippen LogP contribution in [-0.2, 0) is 0 Å². The summed E-state index contributed by atoms with van der Waals surface area (Å²) in [6.45, 7) is 21.5. The van der Waals surface area contributed by atoms with E-state index >= 15 is 0 Å². The van der Waals surface area contributed by atoms with E-state index in [0.717, 1.165) is 35.5 Å². The Bertz CT molecular complexity index is 690. The van der Waals surface area contributed by atoms with Gasteiger partial charge in [0.2, 0.25) is 0 Å². The number of rotatable bonds is 0. The Morgan fingerprint density at radius 3 is 2.07 bits per heavy atom. The van der Waals surface area contributed by atoms with Crippen molar-refractivity contribution in [3.63, 3.8) is 0 Å². The van der Waals surface area contributed by atoms with Gasteiger partial charge in [0.15, 0.2) is 0 Å². The maximum Gasteiger partial charge on any atom is -0.0235 e. The van der Waals surface area contributed by atoms with Crippen molar-refractivity contribution in [2.24, 2.45) is 62.6 Å². The number of hydrogen-bond donors (Lipinski definition) is 0. The van der Waals surface area contributed by atoms with Gasteiger partial charge in [-0.3, -0.25) is 0 Å². The summed E-state index contributed by atoms with van der Waals surface area (Å²) in [5.74, 6) is 5.74. The van der Waals surface area contributed by atoms with Crippen LogP contribution in [0.5, 0.6) is 0 Å². The second-order valence-corrected chi connectivity index (χ2v) is 15.1. The maximum atomic E-state index is 2.81. The molecule has 0 spiro atoms. The molecule has 5 rings (SSSR count). The third kappa shape index (κ3) is 2.58. The van der Waals surface area contributed by atoms with E-state index < -0.39 is 0 Å². The minimum Gasteiger partial charge on any atom is -0.0622 e. The molecule has 30 heavy (non-hydrogen) atoms. The predicted octanol–water partition coefficient (Wildman–Crippen LogP) is 9.13. The van der Waals surface area contributed by atoms with Crippen LogP contribution < -0.4 is 0 Å². The highest BCUT2D eigenvalue weighted by molar-refractivity contribution is 5.17. The Morgan fingerprint density at radius 1 is 0.600 bits per heavy atom. The van der Waals surface area contributed by atoms with Gasteiger partial charge in [-0.1, -0.05) is 61.8 Å². The largest absolute Gasteiger partial charge is 0.0622 e. The fourth-order valence-corrected chi connectivity index (χ4v) is 11.8. The van der Waals surface area contributed by atoms with Crippen molar-refractivity contribution in [2.45, 2.75) is 126 Å². The summed E-state index contributed by atoms with van der Waals surface area (Å²) >= 11 is 0. The summed E-state index contributed by atoms with van der Waals surface area (Å²) < 4.78 is 0. The van der Waals surface area contributed by atoms with Crippen molar-refractivity contribution in [1.82, 2.24) is 0 Å². The Morgan fingerprint density at radius 2 is 1.33 bits per heavy atom. The molecule has 0 heterocycles. The molecule has 0 aromatic carbocycles. The lowest BCUT2D eigenvalue weighted by atomic mass is 9.31. The minimum atomic E-state index is 0.560. The topological polar surface area (TPSA) is 0 Å². The molecule has 0 aliphatic heterocycles. The van der Waals surface area contributed by atoms with E-state index in [4.69, 9.17) is 0 Å². The molecular formula is C30H52. The lowest BCUT2D eigenvalue weighted by Gasteiger charge is -2.73. The van der Waals surface area contributed by atoms with E-state index in [0.29, 0.717) is 27.1 Å². The van der Waals surface area contributed by atoms with Gasteiger partial charge in [-0.2, -0.15) is 0 Å². The quantitative estimate of drug-likeness (QED) is 0.372. The molecule has 5 aliphatic carbocycles. The first-order chi connectivity index (χ1) is 13.9. The highest BCUT2D eigenvalue weighted by Gasteiger charge is 2.69. The van der Waals surface area contributed by atoms with Crippen LogP contribution in [0.15, 0.2) is 0 Å². The van der Waals surface area contributed by atoms with Gasteiger partial charge in [-0.05, 0) is 127 Å². The van der Waals surface area contributed by atoms with Gasteiger partial charge >= 0.3 is 0 Å². The van der Waals surface area contributed by atoms with Crippen LogP contribution in [0.2, 0.25) is 0 Å². The van der Waals surface area contributed by atoms with E-state index in [9.17, 15) is 0 Å². The van der Waals surface area contributed by atoms with Gasteiger partial charge in [0, 0.05) is 0 Å². The zero-order valence-electron chi connectivity index (χ0n) is 21.7. The lowest BCUT2D eigenvalue weighted by Crippen LogP contribution is -2.66. The molecule has 0 aromatic heterocycles. The highest BCUT2D eigenvalue weighted by atomic mass is 14.7. The zero-order valence-corrected chi connectivity index (χ0v) is 21.7. The van der Waals surface area contributed by atoms with Crippen LogP contribution in [-0.4, -0.2) is 0 Å². The summed E-state index contributed by atoms with van der Waals surface area (Å²) in [7, 11) is 0. The van der Waals surface area contributed by atoms with Crippen LogP contribution in [0.25, 0.3) is 0 Å². The molecule has 0 aromatic rings. The second kappa shape index (κ2) is 6.53. The summed E-state index contributed by atoms with van der Waals surface area (Å²) in [5, 5.41) is 0. The SMILES string of the molecule is C[C@@H]1[C@H]2[C@H]3CC[C@@H]4[C@@]5(C)CCCC(C)(C)[C@@H]5CC[C@@]4(C)[C@]3(C)CC[C@@]2(C)CC[C@H]1C. The second-order valence-electron chi connectivity index (χ2n) is 15.1. The molecule has 0 amide bonds. The van der Waals surface area contributed by atoms with E-state index in [-0.39, 0.29) is 0 Å². The Kier molecular flexibility index (Phi) is 4.75. The average molecular weight is 413 g/mol. The first-order valence-electron chi connectivity index (χ1n) is 13.9. The standard InChI is InChI=1S/C30H52/c1-20-12-16-27(5)18-19-29(7)22(25(27)21(20)2)10-11-24-28(6)15-9-14-26(3,4)23(28)13-17-30(24,29)8/h20-25H,9-19H2,1-8H3/t20-,21+,22-,23+,24-,25+,27-,28+,29-,30-/m1/s1. The van der Waals surface area contributed by atoms with E-state index in [1.165, 1.54) is 70.6 Å². The van der Waals surface area contributed by atoms with Gasteiger partial charge in [0.1, 0.15) is 0 Å². The summed E-state index contributed by atoms with van der Waals surface area (Å²) in [6.07, 6.45) is 16.6. The van der Waals surface area contributed by atoms with E-state index in [1.807, 2.05) is 0 Å². The third-order valence-corrected chi connectivity index (χ3v) is 13.8. The summed E-state index contributed by atoms with van der Waals surface area (Å²) in [6, 6.07) is 0. The van der Waals surface area contributed by atoms with Crippen molar-refractivity contribution in [2.75, 3.05) is 0 Å². The summed E-state index contributed by atoms with van der Waals surface area (Å²) in [4.78, 5) is 0. The fourth-order valence-electron chi connectivity index (χ4n) is 11.8. The van der Waals surface area contributed by atoms with Gasteiger partial charge in [0.05, 0.1) is 0 Å². The van der Waals surface area contributed by atoms with E-state index in [2.05, 4.69) is 55.4 Å². The van der Waals surface area contributed by atoms with Crippen molar-refractivity contribution in [3.05, 3.63) is 0 Å². The Hall–Kier alpha value is 0. The molecule has 5 aliphatic rings. The maximum absolute atomic E-state index is 2.81. The molecule has 5 saturated carbocycles. The van der Waals surface area contributed by atoms with Crippen LogP contribution in [0.4, 0.5) is 0 Å². The highest BCUT2D eigenvalue weighted by Crippen LogP contribution is 2.76. The normalized spacial score (nSPS) is 60.0. The number of hydrogen-bond acceptors (Lipinski definition) is 0. The van der Waals surface area contributed by atoms with Gasteiger partial charge in [-0.15, -0.1) is 0 Å². The van der Waals surface area contributed by atoms with E-state index in [1.54, 1.807) is 0 Å². The Balaban J connectivity index is 1.54. The smallest absolute Gasteiger partial charge is 0.0235 e. The fraction of sp³-hybridized carbons (Fsp3) is 1.00. The predicted molar refractivity (Wildman–Crippen MR) is 129 cm³/mol. The van der Waals surface area contributed by atoms with Crippen LogP contribution >= 0.6 is 0 Å². The Labute approximate surface area is 188 Å². The zero-order chi connectivity index (χ0) is 21.7. The first-order valence-corrected chi connectivity index (χ1v) is 13.9.